The molecule has 0 aliphatic heterocycles. The third kappa shape index (κ3) is 5.30. The number of carbonyl (C=O) groups is 2. The van der Waals surface area contributed by atoms with E-state index in [0.29, 0.717) is 0 Å². The van der Waals surface area contributed by atoms with Gasteiger partial charge in [-0.1, -0.05) is 24.3 Å². The Kier molecular flexibility index (Phi) is 5.97. The lowest BCUT2D eigenvalue weighted by molar-refractivity contribution is -0.137. The van der Waals surface area contributed by atoms with Crippen LogP contribution in [0.5, 0.6) is 0 Å². The second-order valence-corrected chi connectivity index (χ2v) is 5.59. The average molecular weight is 368 g/mol. The summed E-state index contributed by atoms with van der Waals surface area (Å²) in [6.07, 6.45) is -4.53. The summed E-state index contributed by atoms with van der Waals surface area (Å²) in [5, 5.41) is 2.31. The Morgan fingerprint density at radius 1 is 1.08 bits per heavy atom. The van der Waals surface area contributed by atoms with Gasteiger partial charge in [0.2, 0.25) is 11.8 Å². The molecule has 1 N–H and O–H groups in total. The number of nitrogens with zero attached hydrogens (tertiary/aromatic N) is 1. The van der Waals surface area contributed by atoms with Gasteiger partial charge in [0.1, 0.15) is 12.4 Å². The number of amides is 2. The average Bonchev–Trinajstić information content (AvgIpc) is 2.55. The lowest BCUT2D eigenvalue weighted by Gasteiger charge is -2.21. The second-order valence-electron chi connectivity index (χ2n) is 5.59. The fourth-order valence-corrected chi connectivity index (χ4v) is 2.26. The van der Waals surface area contributed by atoms with Crippen molar-refractivity contribution in [3.8, 4) is 0 Å². The minimum Gasteiger partial charge on any atom is -0.329 e. The van der Waals surface area contributed by atoms with E-state index in [-0.39, 0.29) is 17.8 Å². The summed E-state index contributed by atoms with van der Waals surface area (Å²) >= 11 is 0. The number of nitrogens with one attached hydrogen (secondary N) is 1. The molecule has 0 aliphatic rings. The van der Waals surface area contributed by atoms with Gasteiger partial charge < -0.3 is 10.2 Å². The van der Waals surface area contributed by atoms with Crippen LogP contribution in [-0.4, -0.2) is 23.3 Å². The summed E-state index contributed by atoms with van der Waals surface area (Å²) in [6, 6.07) is 9.97. The van der Waals surface area contributed by atoms with Crippen molar-refractivity contribution in [3.63, 3.8) is 0 Å². The number of halogens is 4. The first kappa shape index (κ1) is 19.4. The first-order valence-corrected chi connectivity index (χ1v) is 7.63. The highest BCUT2D eigenvalue weighted by atomic mass is 19.4. The summed E-state index contributed by atoms with van der Waals surface area (Å²) in [4.78, 5) is 24.9. The molecule has 138 valence electrons. The number of hydrogen-bond acceptors (Lipinski definition) is 2. The van der Waals surface area contributed by atoms with Gasteiger partial charge in [0, 0.05) is 24.7 Å². The predicted molar refractivity (Wildman–Crippen MR) is 87.6 cm³/mol. The predicted octanol–water partition coefficient (Wildman–Crippen LogP) is 3.83. The molecule has 2 amide bonds. The molecule has 0 fully saturated rings. The topological polar surface area (TPSA) is 49.4 Å². The highest BCUT2D eigenvalue weighted by molar-refractivity contribution is 5.94. The quantitative estimate of drug-likeness (QED) is 0.816. The van der Waals surface area contributed by atoms with E-state index in [4.69, 9.17) is 0 Å². The largest absolute Gasteiger partial charge is 0.416 e. The van der Waals surface area contributed by atoms with Gasteiger partial charge in [0.15, 0.2) is 0 Å². The molecule has 0 aromatic heterocycles. The van der Waals surface area contributed by atoms with E-state index < -0.39 is 35.9 Å². The van der Waals surface area contributed by atoms with Crippen molar-refractivity contribution < 1.29 is 27.2 Å². The maximum absolute atomic E-state index is 13.7. The molecular weight excluding hydrogens is 352 g/mol. The first-order chi connectivity index (χ1) is 12.2. The van der Waals surface area contributed by atoms with E-state index in [0.717, 1.165) is 17.0 Å². The minimum atomic E-state index is -4.53. The van der Waals surface area contributed by atoms with E-state index in [2.05, 4.69) is 5.32 Å². The SMILES string of the molecule is CC(=O)N(CC(=O)Nc1cccc(C(F)(F)F)c1)Cc1ccccc1F. The van der Waals surface area contributed by atoms with Gasteiger partial charge in [-0.2, -0.15) is 13.2 Å². The zero-order chi connectivity index (χ0) is 19.3. The van der Waals surface area contributed by atoms with Crippen LogP contribution in [0.15, 0.2) is 48.5 Å². The Morgan fingerprint density at radius 2 is 1.77 bits per heavy atom. The van der Waals surface area contributed by atoms with Gasteiger partial charge in [-0.05, 0) is 24.3 Å². The number of carbonyl (C=O) groups excluding carboxylic acids is 2. The Balaban J connectivity index is 2.07. The molecule has 2 rings (SSSR count). The molecule has 0 saturated carbocycles. The van der Waals surface area contributed by atoms with Crippen LogP contribution in [-0.2, 0) is 22.3 Å². The van der Waals surface area contributed by atoms with Crippen LogP contribution in [0.3, 0.4) is 0 Å². The van der Waals surface area contributed by atoms with Crippen LogP contribution in [0, 0.1) is 5.82 Å². The van der Waals surface area contributed by atoms with Gasteiger partial charge in [-0.3, -0.25) is 9.59 Å². The van der Waals surface area contributed by atoms with Crippen molar-refractivity contribution in [1.82, 2.24) is 4.90 Å². The highest BCUT2D eigenvalue weighted by Gasteiger charge is 2.30. The van der Waals surface area contributed by atoms with E-state index >= 15 is 0 Å². The van der Waals surface area contributed by atoms with E-state index in [1.807, 2.05) is 0 Å². The zero-order valence-electron chi connectivity index (χ0n) is 13.8. The summed E-state index contributed by atoms with van der Waals surface area (Å²) in [5.41, 5.74) is -0.709. The Labute approximate surface area is 147 Å². The molecule has 2 aromatic rings. The standard InChI is InChI=1S/C18H16F4N2O2/c1-12(25)24(10-13-5-2-3-8-16(13)19)11-17(26)23-15-7-4-6-14(9-15)18(20,21)22/h2-9H,10-11H2,1H3,(H,23,26). The number of alkyl halides is 3. The monoisotopic (exact) mass is 368 g/mol. The van der Waals surface area contributed by atoms with Gasteiger partial charge in [-0.25, -0.2) is 4.39 Å². The van der Waals surface area contributed by atoms with Gasteiger partial charge in [-0.15, -0.1) is 0 Å². The number of benzene rings is 2. The van der Waals surface area contributed by atoms with Crippen molar-refractivity contribution in [2.24, 2.45) is 0 Å². The van der Waals surface area contributed by atoms with Gasteiger partial charge >= 0.3 is 6.18 Å². The molecule has 0 radical (unpaired) electrons. The van der Waals surface area contributed by atoms with Crippen molar-refractivity contribution in [3.05, 3.63) is 65.5 Å². The van der Waals surface area contributed by atoms with Crippen LogP contribution >= 0.6 is 0 Å². The molecule has 0 unspecified atom stereocenters. The fraction of sp³-hybridized carbons (Fsp3) is 0.222. The van der Waals surface area contributed by atoms with E-state index in [1.54, 1.807) is 6.07 Å². The molecule has 2 aromatic carbocycles. The highest BCUT2D eigenvalue weighted by Crippen LogP contribution is 2.30. The maximum Gasteiger partial charge on any atom is 0.416 e. The first-order valence-electron chi connectivity index (χ1n) is 7.63. The zero-order valence-corrected chi connectivity index (χ0v) is 13.8. The third-order valence-electron chi connectivity index (χ3n) is 3.57. The molecule has 0 heterocycles. The van der Waals surface area contributed by atoms with Crippen LogP contribution in [0.2, 0.25) is 0 Å². The lowest BCUT2D eigenvalue weighted by atomic mass is 10.2. The molecule has 0 aliphatic carbocycles. The van der Waals surface area contributed by atoms with Gasteiger partial charge in [0.05, 0.1) is 5.56 Å². The van der Waals surface area contributed by atoms with E-state index in [9.17, 15) is 27.2 Å². The Morgan fingerprint density at radius 3 is 2.38 bits per heavy atom. The van der Waals surface area contributed by atoms with Crippen LogP contribution in [0.25, 0.3) is 0 Å². The minimum absolute atomic E-state index is 0.0424. The molecule has 0 bridgehead atoms. The van der Waals surface area contributed by atoms with Crippen molar-refractivity contribution in [1.29, 1.82) is 0 Å². The van der Waals surface area contributed by atoms with Crippen molar-refractivity contribution in [2.45, 2.75) is 19.6 Å². The number of rotatable bonds is 5. The normalized spacial score (nSPS) is 11.1. The molecule has 4 nitrogen and oxygen atoms in total. The van der Waals surface area contributed by atoms with Crippen LogP contribution in [0.4, 0.5) is 23.2 Å². The van der Waals surface area contributed by atoms with Crippen molar-refractivity contribution >= 4 is 17.5 Å². The number of hydrogen-bond donors (Lipinski definition) is 1. The summed E-state index contributed by atoms with van der Waals surface area (Å²) in [7, 11) is 0. The van der Waals surface area contributed by atoms with Crippen molar-refractivity contribution in [2.75, 3.05) is 11.9 Å². The molecule has 26 heavy (non-hydrogen) atoms. The second kappa shape index (κ2) is 7.99. The van der Waals surface area contributed by atoms with Crippen LogP contribution < -0.4 is 5.32 Å². The van der Waals surface area contributed by atoms with Crippen LogP contribution in [0.1, 0.15) is 18.1 Å². The van der Waals surface area contributed by atoms with E-state index in [1.165, 1.54) is 37.3 Å². The molecular formula is C18H16F4N2O2. The molecule has 0 atom stereocenters. The third-order valence-corrected chi connectivity index (χ3v) is 3.57. The Hall–Kier alpha value is -2.90. The Bertz CT molecular complexity index is 806. The molecule has 0 spiro atoms. The lowest BCUT2D eigenvalue weighted by Crippen LogP contribution is -2.36. The maximum atomic E-state index is 13.7. The fourth-order valence-electron chi connectivity index (χ4n) is 2.26. The summed E-state index contributed by atoms with van der Waals surface area (Å²) in [6.45, 7) is 0.677. The van der Waals surface area contributed by atoms with Gasteiger partial charge in [0.25, 0.3) is 0 Å². The summed E-state index contributed by atoms with van der Waals surface area (Å²) in [5.74, 6) is -1.67. The molecule has 0 saturated heterocycles. The summed E-state index contributed by atoms with van der Waals surface area (Å²) < 4.78 is 51.8. The smallest absolute Gasteiger partial charge is 0.329 e. The number of anilines is 1. The molecule has 8 heteroatoms.